The molecule has 0 aliphatic rings. The first kappa shape index (κ1) is 10.6. The first-order valence-corrected chi connectivity index (χ1v) is 4.08. The highest BCUT2D eigenvalue weighted by atomic mass is 32.1. The van der Waals surface area contributed by atoms with Gasteiger partial charge in [-0.3, -0.25) is 0 Å². The van der Waals surface area contributed by atoms with E-state index in [1.165, 1.54) is 0 Å². The van der Waals surface area contributed by atoms with Gasteiger partial charge in [0.2, 0.25) is 0 Å². The minimum Gasteiger partial charge on any atom is -0.380 e. The van der Waals surface area contributed by atoms with Crippen LogP contribution in [-0.2, 0) is 9.47 Å². The fourth-order valence-corrected chi connectivity index (χ4v) is 0.997. The third-order valence-corrected chi connectivity index (χ3v) is 2.84. The normalized spacial score (nSPS) is 20.1. The molecule has 0 aromatic heterocycles. The Morgan fingerprint density at radius 2 is 1.60 bits per heavy atom. The summed E-state index contributed by atoms with van der Waals surface area (Å²) in [7, 11) is 3.24. The van der Waals surface area contributed by atoms with Crippen molar-refractivity contribution in [1.29, 1.82) is 0 Å². The van der Waals surface area contributed by atoms with Gasteiger partial charge in [0.25, 0.3) is 0 Å². The predicted octanol–water partition coefficient (Wildman–Crippen LogP) is 1.22. The van der Waals surface area contributed by atoms with Gasteiger partial charge in [-0.05, 0) is 6.92 Å². The number of rotatable bonds is 4. The van der Waals surface area contributed by atoms with Crippen molar-refractivity contribution in [2.24, 2.45) is 0 Å². The van der Waals surface area contributed by atoms with E-state index in [9.17, 15) is 0 Å². The van der Waals surface area contributed by atoms with Gasteiger partial charge in [-0.1, -0.05) is 0 Å². The van der Waals surface area contributed by atoms with E-state index in [0.29, 0.717) is 0 Å². The topological polar surface area (TPSA) is 18.5 Å². The van der Waals surface area contributed by atoms with Crippen LogP contribution in [0.5, 0.6) is 0 Å². The van der Waals surface area contributed by atoms with Crippen molar-refractivity contribution in [3.8, 4) is 0 Å². The fourth-order valence-electron chi connectivity index (χ4n) is 0.511. The Kier molecular flexibility index (Phi) is 5.62. The Balaban J connectivity index is 3.69. The predicted molar refractivity (Wildman–Crippen MR) is 49.0 cm³/mol. The first-order chi connectivity index (χ1) is 4.63. The van der Waals surface area contributed by atoms with E-state index in [4.69, 9.17) is 9.47 Å². The molecular formula is C6H14O2S2. The summed E-state index contributed by atoms with van der Waals surface area (Å²) in [6.07, 6.45) is 0.0609. The quantitative estimate of drug-likeness (QED) is 0.503. The lowest BCUT2D eigenvalue weighted by Crippen LogP contribution is -2.29. The van der Waals surface area contributed by atoms with Crippen molar-refractivity contribution in [2.75, 3.05) is 14.2 Å². The van der Waals surface area contributed by atoms with E-state index in [-0.39, 0.29) is 16.8 Å². The molecule has 0 aromatic rings. The molecule has 10 heavy (non-hydrogen) atoms. The van der Waals surface area contributed by atoms with Crippen molar-refractivity contribution >= 4 is 25.3 Å². The SMILES string of the molecule is COC(C)C(S)C(S)OC. The summed E-state index contributed by atoms with van der Waals surface area (Å²) >= 11 is 8.39. The molecule has 3 unspecified atom stereocenters. The lowest BCUT2D eigenvalue weighted by Gasteiger charge is -2.21. The van der Waals surface area contributed by atoms with E-state index in [1.54, 1.807) is 14.2 Å². The molecule has 0 N–H and O–H groups in total. The Morgan fingerprint density at radius 3 is 1.90 bits per heavy atom. The molecule has 0 saturated carbocycles. The van der Waals surface area contributed by atoms with Crippen LogP contribution in [0.4, 0.5) is 0 Å². The molecule has 3 atom stereocenters. The van der Waals surface area contributed by atoms with Crippen LogP contribution in [0.25, 0.3) is 0 Å². The van der Waals surface area contributed by atoms with Crippen LogP contribution in [0.1, 0.15) is 6.92 Å². The maximum Gasteiger partial charge on any atom is 0.114 e. The van der Waals surface area contributed by atoms with Crippen molar-refractivity contribution in [3.05, 3.63) is 0 Å². The largest absolute Gasteiger partial charge is 0.380 e. The van der Waals surface area contributed by atoms with Gasteiger partial charge >= 0.3 is 0 Å². The number of methoxy groups -OCH3 is 2. The van der Waals surface area contributed by atoms with Gasteiger partial charge in [0, 0.05) is 14.2 Å². The third-order valence-electron chi connectivity index (χ3n) is 1.39. The van der Waals surface area contributed by atoms with E-state index < -0.39 is 0 Å². The molecule has 0 spiro atoms. The summed E-state index contributed by atoms with van der Waals surface area (Å²) in [5.41, 5.74) is -0.168. The third kappa shape index (κ3) is 3.14. The van der Waals surface area contributed by atoms with Gasteiger partial charge in [-0.2, -0.15) is 12.6 Å². The minimum atomic E-state index is -0.168. The Bertz CT molecular complexity index is 79.8. The monoisotopic (exact) mass is 182 g/mol. The van der Waals surface area contributed by atoms with Gasteiger partial charge in [-0.15, -0.1) is 12.6 Å². The number of hydrogen-bond donors (Lipinski definition) is 2. The highest BCUT2D eigenvalue weighted by Crippen LogP contribution is 2.15. The summed E-state index contributed by atoms with van der Waals surface area (Å²) in [5, 5.41) is 0.0123. The molecule has 2 nitrogen and oxygen atoms in total. The minimum absolute atomic E-state index is 0.0123. The average molecular weight is 182 g/mol. The van der Waals surface area contributed by atoms with Crippen molar-refractivity contribution in [2.45, 2.75) is 23.7 Å². The van der Waals surface area contributed by atoms with Crippen LogP contribution < -0.4 is 0 Å². The first-order valence-electron chi connectivity index (χ1n) is 3.05. The Labute approximate surface area is 73.1 Å². The maximum absolute atomic E-state index is 5.03. The van der Waals surface area contributed by atoms with E-state index in [2.05, 4.69) is 25.3 Å². The fraction of sp³-hybridized carbons (Fsp3) is 1.00. The molecule has 0 aliphatic heterocycles. The summed E-state index contributed by atoms with van der Waals surface area (Å²) in [4.78, 5) is 0. The molecule has 0 amide bonds. The molecule has 0 aromatic carbocycles. The van der Waals surface area contributed by atoms with E-state index in [1.807, 2.05) is 6.92 Å². The van der Waals surface area contributed by atoms with E-state index in [0.717, 1.165) is 0 Å². The van der Waals surface area contributed by atoms with Crippen LogP contribution in [0.3, 0.4) is 0 Å². The van der Waals surface area contributed by atoms with Gasteiger partial charge in [-0.25, -0.2) is 0 Å². The van der Waals surface area contributed by atoms with Gasteiger partial charge in [0.15, 0.2) is 0 Å². The second-order valence-electron chi connectivity index (χ2n) is 2.06. The lowest BCUT2D eigenvalue weighted by atomic mass is 10.3. The second-order valence-corrected chi connectivity index (χ2v) is 3.16. The Hall–Kier alpha value is 0.620. The van der Waals surface area contributed by atoms with Crippen molar-refractivity contribution in [3.63, 3.8) is 0 Å². The van der Waals surface area contributed by atoms with Gasteiger partial charge in [0.05, 0.1) is 11.4 Å². The molecule has 62 valence electrons. The summed E-state index contributed by atoms with van der Waals surface area (Å²) in [6.45, 7) is 1.93. The molecule has 0 heterocycles. The average Bonchev–Trinajstić information content (AvgIpc) is 2.00. The second kappa shape index (κ2) is 5.29. The Morgan fingerprint density at radius 1 is 1.10 bits per heavy atom. The van der Waals surface area contributed by atoms with Crippen LogP contribution in [0.2, 0.25) is 0 Å². The molecule has 4 heteroatoms. The summed E-state index contributed by atoms with van der Waals surface area (Å²) < 4.78 is 9.97. The highest BCUT2D eigenvalue weighted by Gasteiger charge is 2.19. The van der Waals surface area contributed by atoms with Gasteiger partial charge in [0.1, 0.15) is 5.44 Å². The maximum atomic E-state index is 5.03. The lowest BCUT2D eigenvalue weighted by molar-refractivity contribution is 0.0750. The zero-order chi connectivity index (χ0) is 8.15. The summed E-state index contributed by atoms with van der Waals surface area (Å²) in [6, 6.07) is 0. The molecule has 0 aliphatic carbocycles. The smallest absolute Gasteiger partial charge is 0.114 e. The van der Waals surface area contributed by atoms with E-state index >= 15 is 0 Å². The van der Waals surface area contributed by atoms with Crippen LogP contribution in [0, 0.1) is 0 Å². The van der Waals surface area contributed by atoms with Gasteiger partial charge < -0.3 is 9.47 Å². The molecule has 0 bridgehead atoms. The van der Waals surface area contributed by atoms with Crippen LogP contribution in [0.15, 0.2) is 0 Å². The highest BCUT2D eigenvalue weighted by molar-refractivity contribution is 7.85. The molecule has 0 radical (unpaired) electrons. The standard InChI is InChI=1S/C6H14O2S2/c1-4(7-2)5(9)6(10)8-3/h4-6,9-10H,1-3H3. The number of ether oxygens (including phenoxy) is 2. The zero-order valence-corrected chi connectivity index (χ0v) is 8.23. The van der Waals surface area contributed by atoms with Crippen LogP contribution in [-0.4, -0.2) is 31.0 Å². The molecular weight excluding hydrogens is 168 g/mol. The molecule has 0 saturated heterocycles. The van der Waals surface area contributed by atoms with Crippen molar-refractivity contribution < 1.29 is 9.47 Å². The number of hydrogen-bond acceptors (Lipinski definition) is 4. The van der Waals surface area contributed by atoms with Crippen LogP contribution >= 0.6 is 25.3 Å². The summed E-state index contributed by atoms with van der Waals surface area (Å²) in [5.74, 6) is 0. The molecule has 0 fully saturated rings. The number of thiol groups is 2. The van der Waals surface area contributed by atoms with Crippen molar-refractivity contribution in [1.82, 2.24) is 0 Å². The zero-order valence-electron chi connectivity index (χ0n) is 6.44. The molecule has 0 rings (SSSR count).